The number of carbonyl (C=O) groups is 2. The van der Waals surface area contributed by atoms with Crippen molar-refractivity contribution in [3.8, 4) is 28.7 Å². The summed E-state index contributed by atoms with van der Waals surface area (Å²) >= 11 is 0. The molecule has 0 saturated heterocycles. The average Bonchev–Trinajstić information content (AvgIpc) is 2.93. The van der Waals surface area contributed by atoms with Crippen LogP contribution < -0.4 is 18.9 Å². The van der Waals surface area contributed by atoms with Crippen LogP contribution >= 0.6 is 0 Å². The van der Waals surface area contributed by atoms with Crippen LogP contribution in [0.15, 0.2) is 78.4 Å². The first-order chi connectivity index (χ1) is 17.9. The lowest BCUT2D eigenvalue weighted by atomic mass is 10.0. The lowest BCUT2D eigenvalue weighted by Crippen LogP contribution is -2.08. The van der Waals surface area contributed by atoms with Crippen molar-refractivity contribution in [2.45, 2.75) is 0 Å². The van der Waals surface area contributed by atoms with Crippen molar-refractivity contribution >= 4 is 29.8 Å². The lowest BCUT2D eigenvalue weighted by Gasteiger charge is -2.08. The highest BCUT2D eigenvalue weighted by molar-refractivity contribution is 6.31. The molecular weight excluding hydrogens is 472 g/mol. The molecule has 3 aromatic rings. The topological polar surface area (TPSA) is 91.3 Å². The molecule has 7 heteroatoms. The molecule has 0 bridgehead atoms. The Bertz CT molecular complexity index is 1270. The van der Waals surface area contributed by atoms with E-state index in [0.29, 0.717) is 39.7 Å². The molecule has 0 aliphatic carbocycles. The van der Waals surface area contributed by atoms with Crippen LogP contribution in [0.1, 0.15) is 16.7 Å². The van der Waals surface area contributed by atoms with E-state index in [1.807, 2.05) is 0 Å². The summed E-state index contributed by atoms with van der Waals surface area (Å²) in [4.78, 5) is 26.3. The van der Waals surface area contributed by atoms with Crippen LogP contribution in [0.25, 0.3) is 18.2 Å². The summed E-state index contributed by atoms with van der Waals surface area (Å²) in [5, 5.41) is 9.57. The molecule has 3 aromatic carbocycles. The van der Waals surface area contributed by atoms with Gasteiger partial charge in [0.15, 0.2) is 34.6 Å². The highest BCUT2D eigenvalue weighted by Gasteiger charge is 2.15. The van der Waals surface area contributed by atoms with Crippen molar-refractivity contribution in [3.63, 3.8) is 0 Å². The number of hydrogen-bond acceptors (Lipinski definition) is 7. The standard InChI is InChI=1S/C30H28O7/c1-34-27-15-9-21(18-29(27)36-3)7-13-25(32)24(17-20-5-11-23(31)12-6-20)26(33)14-8-22-10-16-28(35-2)30(19-22)37-4/h5-19,31H,1-4H3/b13-7+,14-8+. The second-order valence-electron chi connectivity index (χ2n) is 7.77. The summed E-state index contributed by atoms with van der Waals surface area (Å²) in [6.07, 6.45) is 7.34. The van der Waals surface area contributed by atoms with E-state index < -0.39 is 11.6 Å². The summed E-state index contributed by atoms with van der Waals surface area (Å²) in [5.41, 5.74) is 1.94. The van der Waals surface area contributed by atoms with Crippen LogP contribution in [-0.2, 0) is 9.59 Å². The van der Waals surface area contributed by atoms with Gasteiger partial charge in [0, 0.05) is 0 Å². The predicted octanol–water partition coefficient (Wildman–Crippen LogP) is 5.38. The van der Waals surface area contributed by atoms with Gasteiger partial charge < -0.3 is 24.1 Å². The molecule has 1 N–H and O–H groups in total. The molecule has 37 heavy (non-hydrogen) atoms. The molecule has 0 aliphatic heterocycles. The molecule has 0 aliphatic rings. The third-order valence-corrected chi connectivity index (χ3v) is 5.40. The molecule has 0 spiro atoms. The van der Waals surface area contributed by atoms with Crippen molar-refractivity contribution in [1.82, 2.24) is 0 Å². The molecular formula is C30H28O7. The summed E-state index contributed by atoms with van der Waals surface area (Å²) in [5.74, 6) is 1.29. The first kappa shape index (κ1) is 26.8. The Morgan fingerprint density at radius 3 is 1.41 bits per heavy atom. The highest BCUT2D eigenvalue weighted by Crippen LogP contribution is 2.29. The lowest BCUT2D eigenvalue weighted by molar-refractivity contribution is -0.116. The number of phenols is 1. The summed E-state index contributed by atoms with van der Waals surface area (Å²) < 4.78 is 21.1. The average molecular weight is 501 g/mol. The number of hydrogen-bond donors (Lipinski definition) is 1. The quantitative estimate of drug-likeness (QED) is 0.215. The first-order valence-corrected chi connectivity index (χ1v) is 11.3. The number of ketones is 2. The fraction of sp³-hybridized carbons (Fsp3) is 0.133. The summed E-state index contributed by atoms with van der Waals surface area (Å²) in [6.45, 7) is 0. The number of aromatic hydroxyl groups is 1. The largest absolute Gasteiger partial charge is 0.508 e. The van der Waals surface area contributed by atoms with Crippen LogP contribution in [0.2, 0.25) is 0 Å². The van der Waals surface area contributed by atoms with Gasteiger partial charge in [-0.25, -0.2) is 0 Å². The van der Waals surface area contributed by atoms with Crippen molar-refractivity contribution < 1.29 is 33.6 Å². The molecule has 190 valence electrons. The van der Waals surface area contributed by atoms with Gasteiger partial charge in [-0.1, -0.05) is 36.4 Å². The molecule has 0 atom stereocenters. The van der Waals surface area contributed by atoms with Crippen LogP contribution in [-0.4, -0.2) is 45.1 Å². The SMILES string of the molecule is COc1ccc(/C=C/C(=O)C(=Cc2ccc(O)cc2)C(=O)/C=C/c2ccc(OC)c(OC)c2)cc1OC. The van der Waals surface area contributed by atoms with E-state index in [9.17, 15) is 14.7 Å². The van der Waals surface area contributed by atoms with Crippen molar-refractivity contribution in [3.05, 3.63) is 95.1 Å². The number of allylic oxidation sites excluding steroid dienone is 3. The van der Waals surface area contributed by atoms with Gasteiger partial charge >= 0.3 is 0 Å². The zero-order valence-electron chi connectivity index (χ0n) is 21.1. The van der Waals surface area contributed by atoms with Gasteiger partial charge in [0.1, 0.15) is 5.75 Å². The second kappa shape index (κ2) is 12.8. The molecule has 0 radical (unpaired) electrons. The van der Waals surface area contributed by atoms with Gasteiger partial charge in [-0.15, -0.1) is 0 Å². The number of methoxy groups -OCH3 is 4. The van der Waals surface area contributed by atoms with E-state index in [4.69, 9.17) is 18.9 Å². The van der Waals surface area contributed by atoms with Crippen molar-refractivity contribution in [1.29, 1.82) is 0 Å². The van der Waals surface area contributed by atoms with Crippen LogP contribution in [0.3, 0.4) is 0 Å². The van der Waals surface area contributed by atoms with Gasteiger partial charge in [-0.2, -0.15) is 0 Å². The summed E-state index contributed by atoms with van der Waals surface area (Å²) in [7, 11) is 6.13. The second-order valence-corrected chi connectivity index (χ2v) is 7.77. The molecule has 0 saturated carbocycles. The minimum Gasteiger partial charge on any atom is -0.508 e. The third-order valence-electron chi connectivity index (χ3n) is 5.40. The summed E-state index contributed by atoms with van der Waals surface area (Å²) in [6, 6.07) is 16.7. The van der Waals surface area contributed by atoms with E-state index in [1.165, 1.54) is 44.6 Å². The van der Waals surface area contributed by atoms with Gasteiger partial charge in [0.25, 0.3) is 0 Å². The maximum absolute atomic E-state index is 13.2. The molecule has 7 nitrogen and oxygen atoms in total. The Morgan fingerprint density at radius 2 is 1.00 bits per heavy atom. The smallest absolute Gasteiger partial charge is 0.189 e. The van der Waals surface area contributed by atoms with Crippen LogP contribution in [0, 0.1) is 0 Å². The molecule has 0 amide bonds. The Balaban J connectivity index is 1.92. The van der Waals surface area contributed by atoms with Crippen molar-refractivity contribution in [2.24, 2.45) is 0 Å². The van der Waals surface area contributed by atoms with Gasteiger partial charge in [0.2, 0.25) is 0 Å². The molecule has 0 fully saturated rings. The maximum Gasteiger partial charge on any atom is 0.189 e. The van der Waals surface area contributed by atoms with Crippen molar-refractivity contribution in [2.75, 3.05) is 28.4 Å². The van der Waals surface area contributed by atoms with Gasteiger partial charge in [-0.05, 0) is 71.3 Å². The Morgan fingerprint density at radius 1 is 0.595 bits per heavy atom. The fourth-order valence-electron chi connectivity index (χ4n) is 3.44. The zero-order chi connectivity index (χ0) is 26.8. The van der Waals surface area contributed by atoms with Gasteiger partial charge in [0.05, 0.1) is 34.0 Å². The van der Waals surface area contributed by atoms with E-state index in [1.54, 1.807) is 74.9 Å². The molecule has 3 rings (SSSR count). The van der Waals surface area contributed by atoms with E-state index >= 15 is 0 Å². The number of benzene rings is 3. The first-order valence-electron chi connectivity index (χ1n) is 11.3. The van der Waals surface area contributed by atoms with E-state index in [-0.39, 0.29) is 11.3 Å². The molecule has 0 aromatic heterocycles. The molecule has 0 heterocycles. The monoisotopic (exact) mass is 500 g/mol. The number of phenolic OH excluding ortho intramolecular Hbond substituents is 1. The number of rotatable bonds is 11. The fourth-order valence-corrected chi connectivity index (χ4v) is 3.44. The Kier molecular flexibility index (Phi) is 9.27. The normalized spacial score (nSPS) is 10.8. The third kappa shape index (κ3) is 7.11. The Hall–Kier alpha value is -4.78. The minimum atomic E-state index is -0.482. The Labute approximate surface area is 215 Å². The van der Waals surface area contributed by atoms with Gasteiger partial charge in [-0.3, -0.25) is 9.59 Å². The number of ether oxygens (including phenoxy) is 4. The van der Waals surface area contributed by atoms with Crippen LogP contribution in [0.4, 0.5) is 0 Å². The van der Waals surface area contributed by atoms with Crippen LogP contribution in [0.5, 0.6) is 28.7 Å². The minimum absolute atomic E-state index is 0.0425. The maximum atomic E-state index is 13.2. The van der Waals surface area contributed by atoms with E-state index in [2.05, 4.69) is 0 Å². The van der Waals surface area contributed by atoms with E-state index in [0.717, 1.165) is 0 Å². The molecule has 0 unspecified atom stereocenters. The number of carbonyl (C=O) groups excluding carboxylic acids is 2. The zero-order valence-corrected chi connectivity index (χ0v) is 21.1. The highest BCUT2D eigenvalue weighted by atomic mass is 16.5. The predicted molar refractivity (Wildman–Crippen MR) is 143 cm³/mol.